The zero-order valence-corrected chi connectivity index (χ0v) is 9.83. The molecule has 0 aliphatic heterocycles. The Bertz CT molecular complexity index is 247. The molecule has 0 amide bonds. The number of carboxylic acid groups (broad SMARTS) is 1. The van der Waals surface area contributed by atoms with Crippen molar-refractivity contribution in [2.45, 2.75) is 38.6 Å². The summed E-state index contributed by atoms with van der Waals surface area (Å²) in [5, 5.41) is 8.84. The topological polar surface area (TPSA) is 40.5 Å². The van der Waals surface area contributed by atoms with Gasteiger partial charge < -0.3 is 5.11 Å². The molecule has 1 rings (SSSR count). The third kappa shape index (κ3) is 4.22. The molecule has 0 saturated heterocycles. The van der Waals surface area contributed by atoms with Crippen LogP contribution in [0, 0.1) is 0 Å². The molecule has 0 aromatic heterocycles. The summed E-state index contributed by atoms with van der Waals surface area (Å²) in [4.78, 5) is 12.8. The molecule has 0 radical (unpaired) electrons. The van der Waals surface area contributed by atoms with Gasteiger partial charge in [0.05, 0.1) is 6.54 Å². The highest BCUT2D eigenvalue weighted by Crippen LogP contribution is 2.23. The predicted octanol–water partition coefficient (Wildman–Crippen LogP) is 2.46. The molecule has 0 unspecified atom stereocenters. The molecule has 15 heavy (non-hydrogen) atoms. The van der Waals surface area contributed by atoms with Gasteiger partial charge in [0.25, 0.3) is 0 Å². The molecule has 0 atom stereocenters. The molecule has 0 spiro atoms. The van der Waals surface area contributed by atoms with Gasteiger partial charge in [0.15, 0.2) is 0 Å². The van der Waals surface area contributed by atoms with E-state index in [1.54, 1.807) is 0 Å². The monoisotopic (exact) mass is 231 g/mol. The molecular weight excluding hydrogens is 214 g/mol. The van der Waals surface area contributed by atoms with E-state index in [0.29, 0.717) is 12.6 Å². The highest BCUT2D eigenvalue weighted by atomic mass is 35.5. The van der Waals surface area contributed by atoms with Crippen molar-refractivity contribution in [1.29, 1.82) is 0 Å². The maximum Gasteiger partial charge on any atom is 0.317 e. The average molecular weight is 232 g/mol. The Morgan fingerprint density at radius 1 is 1.47 bits per heavy atom. The lowest BCUT2D eigenvalue weighted by molar-refractivity contribution is -0.138. The first-order valence-corrected chi connectivity index (χ1v) is 5.79. The fourth-order valence-corrected chi connectivity index (χ4v) is 2.18. The maximum atomic E-state index is 10.7. The van der Waals surface area contributed by atoms with Gasteiger partial charge in [-0.25, -0.2) is 0 Å². The van der Waals surface area contributed by atoms with E-state index < -0.39 is 5.97 Å². The quantitative estimate of drug-likeness (QED) is 0.790. The molecule has 1 fully saturated rings. The van der Waals surface area contributed by atoms with Crippen LogP contribution in [-0.4, -0.2) is 35.1 Å². The Balaban J connectivity index is 2.55. The van der Waals surface area contributed by atoms with Gasteiger partial charge in [-0.15, -0.1) is 0 Å². The Labute approximate surface area is 95.7 Å². The van der Waals surface area contributed by atoms with E-state index in [4.69, 9.17) is 16.7 Å². The zero-order valence-electron chi connectivity index (χ0n) is 9.08. The molecule has 0 aromatic carbocycles. The molecule has 4 heteroatoms. The number of carbonyl (C=O) groups is 1. The average Bonchev–Trinajstić information content (AvgIpc) is 2.68. The molecule has 1 aliphatic carbocycles. The van der Waals surface area contributed by atoms with Crippen LogP contribution in [0.3, 0.4) is 0 Å². The van der Waals surface area contributed by atoms with Crippen LogP contribution in [0.15, 0.2) is 11.1 Å². The van der Waals surface area contributed by atoms with Crippen LogP contribution in [-0.2, 0) is 4.79 Å². The molecule has 1 N–H and O–H groups in total. The summed E-state index contributed by atoms with van der Waals surface area (Å²) in [6, 6.07) is 0.424. The van der Waals surface area contributed by atoms with E-state index >= 15 is 0 Å². The molecular formula is C11H18ClNO2. The normalized spacial score (nSPS) is 18.7. The van der Waals surface area contributed by atoms with Crippen LogP contribution in [0.5, 0.6) is 0 Å². The van der Waals surface area contributed by atoms with Crippen molar-refractivity contribution in [1.82, 2.24) is 4.90 Å². The maximum absolute atomic E-state index is 10.7. The van der Waals surface area contributed by atoms with E-state index in [1.807, 2.05) is 11.8 Å². The second-order valence-corrected chi connectivity index (χ2v) is 4.41. The van der Waals surface area contributed by atoms with Crippen molar-refractivity contribution in [3.63, 3.8) is 0 Å². The van der Waals surface area contributed by atoms with Gasteiger partial charge in [0.2, 0.25) is 0 Å². The van der Waals surface area contributed by atoms with Gasteiger partial charge in [-0.05, 0) is 25.3 Å². The summed E-state index contributed by atoms with van der Waals surface area (Å²) >= 11 is 5.60. The molecule has 1 aliphatic rings. The largest absolute Gasteiger partial charge is 0.480 e. The molecule has 1 saturated carbocycles. The van der Waals surface area contributed by atoms with Gasteiger partial charge in [-0.1, -0.05) is 24.4 Å². The molecule has 86 valence electrons. The SMILES string of the molecule is CC(=CCl)CN(CC(=O)O)C1CCCC1. The lowest BCUT2D eigenvalue weighted by Gasteiger charge is -2.27. The fourth-order valence-electron chi connectivity index (χ4n) is 2.11. The third-order valence-electron chi connectivity index (χ3n) is 2.82. The number of hydrogen-bond donors (Lipinski definition) is 1. The third-order valence-corrected chi connectivity index (χ3v) is 3.19. The fraction of sp³-hybridized carbons (Fsp3) is 0.727. The van der Waals surface area contributed by atoms with Gasteiger partial charge in [0.1, 0.15) is 0 Å². The minimum atomic E-state index is -0.760. The number of nitrogens with zero attached hydrogens (tertiary/aromatic N) is 1. The van der Waals surface area contributed by atoms with Crippen LogP contribution in [0.1, 0.15) is 32.6 Å². The van der Waals surface area contributed by atoms with Crippen LogP contribution in [0.2, 0.25) is 0 Å². The highest BCUT2D eigenvalue weighted by molar-refractivity contribution is 6.25. The summed E-state index contributed by atoms with van der Waals surface area (Å²) in [6.45, 7) is 2.71. The van der Waals surface area contributed by atoms with Crippen LogP contribution in [0.4, 0.5) is 0 Å². The first-order valence-electron chi connectivity index (χ1n) is 5.35. The highest BCUT2D eigenvalue weighted by Gasteiger charge is 2.24. The van der Waals surface area contributed by atoms with Crippen molar-refractivity contribution >= 4 is 17.6 Å². The standard InChI is InChI=1S/C11H18ClNO2/c1-9(6-12)7-13(8-11(14)15)10-4-2-3-5-10/h6,10H,2-5,7-8H2,1H3,(H,14,15). The van der Waals surface area contributed by atoms with Gasteiger partial charge in [0, 0.05) is 18.1 Å². The summed E-state index contributed by atoms with van der Waals surface area (Å²) in [5.41, 5.74) is 2.55. The Morgan fingerprint density at radius 3 is 2.53 bits per heavy atom. The molecule has 0 heterocycles. The number of carboxylic acids is 1. The van der Waals surface area contributed by atoms with Gasteiger partial charge in [-0.2, -0.15) is 0 Å². The van der Waals surface area contributed by atoms with E-state index in [2.05, 4.69) is 0 Å². The summed E-state index contributed by atoms with van der Waals surface area (Å²) in [5.74, 6) is -0.760. The van der Waals surface area contributed by atoms with E-state index in [0.717, 1.165) is 18.4 Å². The smallest absolute Gasteiger partial charge is 0.317 e. The Hall–Kier alpha value is -0.540. The minimum absolute atomic E-state index is 0.118. The van der Waals surface area contributed by atoms with Crippen molar-refractivity contribution in [2.24, 2.45) is 0 Å². The first-order chi connectivity index (χ1) is 7.13. The first kappa shape index (κ1) is 12.5. The van der Waals surface area contributed by atoms with Crippen LogP contribution in [0.25, 0.3) is 0 Å². The van der Waals surface area contributed by atoms with E-state index in [1.165, 1.54) is 18.4 Å². The van der Waals surface area contributed by atoms with Crippen LogP contribution < -0.4 is 0 Å². The number of hydrogen-bond acceptors (Lipinski definition) is 2. The lowest BCUT2D eigenvalue weighted by Crippen LogP contribution is -2.38. The summed E-state index contributed by atoms with van der Waals surface area (Å²) in [6.07, 6.45) is 4.65. The second-order valence-electron chi connectivity index (χ2n) is 4.19. The number of aliphatic carboxylic acids is 1. The van der Waals surface area contributed by atoms with Crippen molar-refractivity contribution in [2.75, 3.05) is 13.1 Å². The molecule has 0 bridgehead atoms. The summed E-state index contributed by atoms with van der Waals surface area (Å²) < 4.78 is 0. The summed E-state index contributed by atoms with van der Waals surface area (Å²) in [7, 11) is 0. The minimum Gasteiger partial charge on any atom is -0.480 e. The van der Waals surface area contributed by atoms with E-state index in [-0.39, 0.29) is 6.54 Å². The predicted molar refractivity (Wildman–Crippen MR) is 61.1 cm³/mol. The van der Waals surface area contributed by atoms with Gasteiger partial charge in [-0.3, -0.25) is 9.69 Å². The molecule has 3 nitrogen and oxygen atoms in total. The van der Waals surface area contributed by atoms with Crippen LogP contribution >= 0.6 is 11.6 Å². The second kappa shape index (κ2) is 6.13. The van der Waals surface area contributed by atoms with Crippen molar-refractivity contribution in [3.8, 4) is 0 Å². The molecule has 0 aromatic rings. The Kier molecular flexibility index (Phi) is 5.12. The lowest BCUT2D eigenvalue weighted by atomic mass is 10.2. The Morgan fingerprint density at radius 2 is 2.07 bits per heavy atom. The number of halogens is 1. The van der Waals surface area contributed by atoms with Crippen molar-refractivity contribution in [3.05, 3.63) is 11.1 Å². The van der Waals surface area contributed by atoms with E-state index in [9.17, 15) is 4.79 Å². The van der Waals surface area contributed by atoms with Gasteiger partial charge >= 0.3 is 5.97 Å². The van der Waals surface area contributed by atoms with Crippen molar-refractivity contribution < 1.29 is 9.90 Å². The zero-order chi connectivity index (χ0) is 11.3. The number of rotatable bonds is 5.